The van der Waals surface area contributed by atoms with Gasteiger partial charge in [0.25, 0.3) is 5.91 Å². The van der Waals surface area contributed by atoms with Gasteiger partial charge in [0.15, 0.2) is 5.16 Å². The zero-order valence-electron chi connectivity index (χ0n) is 18.2. The zero-order chi connectivity index (χ0) is 21.3. The van der Waals surface area contributed by atoms with E-state index in [-0.39, 0.29) is 5.91 Å². The van der Waals surface area contributed by atoms with Crippen LogP contribution < -0.4 is 10.2 Å². The van der Waals surface area contributed by atoms with E-state index >= 15 is 0 Å². The molecule has 7 heteroatoms. The standard InChI is InChI=1S/C23H32N4O2S/c1-4-20-15-21(27-12-6-5-8-17(27)2)26-23(25-20)30-16-18-9-7-10-19(14-18)22(28)24-11-13-29-3/h7,9-10,14-15,17H,4-6,8,11-13,16H2,1-3H3,(H,24,28)/t17-/m0/s1. The smallest absolute Gasteiger partial charge is 0.251 e. The van der Waals surface area contributed by atoms with Gasteiger partial charge in [-0.05, 0) is 50.3 Å². The first-order chi connectivity index (χ1) is 14.6. The number of carbonyl (C=O) groups is 1. The zero-order valence-corrected chi connectivity index (χ0v) is 19.0. The average Bonchev–Trinajstić information content (AvgIpc) is 2.78. The summed E-state index contributed by atoms with van der Waals surface area (Å²) in [5.74, 6) is 1.69. The van der Waals surface area contributed by atoms with Crippen molar-refractivity contribution in [2.45, 2.75) is 56.5 Å². The van der Waals surface area contributed by atoms with E-state index in [0.29, 0.717) is 24.8 Å². The Morgan fingerprint density at radius 3 is 2.93 bits per heavy atom. The number of piperidine rings is 1. The number of nitrogens with zero attached hydrogens (tertiary/aromatic N) is 3. The van der Waals surface area contributed by atoms with Gasteiger partial charge in [0.05, 0.1) is 6.61 Å². The highest BCUT2D eigenvalue weighted by atomic mass is 32.2. The average molecular weight is 429 g/mol. The Hall–Kier alpha value is -2.12. The van der Waals surface area contributed by atoms with Crippen molar-refractivity contribution in [2.75, 3.05) is 31.7 Å². The Morgan fingerprint density at radius 1 is 1.30 bits per heavy atom. The number of methoxy groups -OCH3 is 1. The van der Waals surface area contributed by atoms with E-state index in [1.807, 2.05) is 24.3 Å². The molecule has 0 aliphatic carbocycles. The number of nitrogens with one attached hydrogen (secondary N) is 1. The third-order valence-electron chi connectivity index (χ3n) is 5.35. The number of ether oxygens (including phenoxy) is 1. The predicted molar refractivity (Wildman–Crippen MR) is 122 cm³/mol. The fraction of sp³-hybridized carbons (Fsp3) is 0.522. The van der Waals surface area contributed by atoms with Crippen molar-refractivity contribution in [1.29, 1.82) is 0 Å². The van der Waals surface area contributed by atoms with Crippen molar-refractivity contribution in [1.82, 2.24) is 15.3 Å². The largest absolute Gasteiger partial charge is 0.383 e. The minimum absolute atomic E-state index is 0.0792. The summed E-state index contributed by atoms with van der Waals surface area (Å²) in [6.45, 7) is 6.48. The predicted octanol–water partition coefficient (Wildman–Crippen LogP) is 4.09. The third kappa shape index (κ3) is 6.19. The Morgan fingerprint density at radius 2 is 2.17 bits per heavy atom. The van der Waals surface area contributed by atoms with Gasteiger partial charge in [-0.15, -0.1) is 0 Å². The number of amides is 1. The number of hydrogen-bond acceptors (Lipinski definition) is 6. The van der Waals surface area contributed by atoms with E-state index in [0.717, 1.165) is 41.0 Å². The molecule has 1 atom stereocenters. The van der Waals surface area contributed by atoms with Gasteiger partial charge in [0.2, 0.25) is 0 Å². The molecule has 1 aromatic heterocycles. The van der Waals surface area contributed by atoms with E-state index in [4.69, 9.17) is 14.7 Å². The lowest BCUT2D eigenvalue weighted by atomic mass is 10.0. The molecule has 0 unspecified atom stereocenters. The van der Waals surface area contributed by atoms with Crippen LogP contribution >= 0.6 is 11.8 Å². The Labute approximate surface area is 183 Å². The number of benzene rings is 1. The minimum Gasteiger partial charge on any atom is -0.383 e. The maximum Gasteiger partial charge on any atom is 0.251 e. The summed E-state index contributed by atoms with van der Waals surface area (Å²) in [6.07, 6.45) is 4.62. The molecular formula is C23H32N4O2S. The molecular weight excluding hydrogens is 396 g/mol. The summed E-state index contributed by atoms with van der Waals surface area (Å²) in [6, 6.07) is 10.4. The van der Waals surface area contributed by atoms with Crippen molar-refractivity contribution < 1.29 is 9.53 Å². The summed E-state index contributed by atoms with van der Waals surface area (Å²) in [5.41, 5.74) is 2.82. The summed E-state index contributed by atoms with van der Waals surface area (Å²) in [4.78, 5) is 24.3. The van der Waals surface area contributed by atoms with Gasteiger partial charge >= 0.3 is 0 Å². The molecule has 0 bridgehead atoms. The van der Waals surface area contributed by atoms with Crippen molar-refractivity contribution in [3.63, 3.8) is 0 Å². The second-order valence-electron chi connectivity index (χ2n) is 7.63. The van der Waals surface area contributed by atoms with E-state index < -0.39 is 0 Å². The van der Waals surface area contributed by atoms with Crippen LogP contribution in [0.5, 0.6) is 0 Å². The van der Waals surface area contributed by atoms with Crippen LogP contribution in [-0.4, -0.2) is 48.7 Å². The minimum atomic E-state index is -0.0792. The normalized spacial score (nSPS) is 16.5. The number of aryl methyl sites for hydroxylation is 1. The van der Waals surface area contributed by atoms with Gasteiger partial charge in [0, 0.05) is 49.3 Å². The van der Waals surface area contributed by atoms with Gasteiger partial charge in [-0.3, -0.25) is 4.79 Å². The van der Waals surface area contributed by atoms with E-state index in [9.17, 15) is 4.79 Å². The first-order valence-electron chi connectivity index (χ1n) is 10.7. The molecule has 0 radical (unpaired) electrons. The fourth-order valence-electron chi connectivity index (χ4n) is 3.61. The molecule has 0 saturated carbocycles. The number of anilines is 1. The van der Waals surface area contributed by atoms with E-state index in [2.05, 4.69) is 30.1 Å². The van der Waals surface area contributed by atoms with Gasteiger partial charge in [-0.2, -0.15) is 0 Å². The second kappa shape index (κ2) is 11.3. The number of hydrogen-bond donors (Lipinski definition) is 1. The molecule has 6 nitrogen and oxygen atoms in total. The topological polar surface area (TPSA) is 67.4 Å². The summed E-state index contributed by atoms with van der Waals surface area (Å²) < 4.78 is 4.98. The lowest BCUT2D eigenvalue weighted by molar-refractivity contribution is 0.0937. The molecule has 0 spiro atoms. The Balaban J connectivity index is 1.68. The van der Waals surface area contributed by atoms with Crippen molar-refractivity contribution >= 4 is 23.5 Å². The van der Waals surface area contributed by atoms with Crippen LogP contribution in [0.3, 0.4) is 0 Å². The van der Waals surface area contributed by atoms with Crippen LogP contribution in [0.15, 0.2) is 35.5 Å². The van der Waals surface area contributed by atoms with Crippen LogP contribution in [0.25, 0.3) is 0 Å². The van der Waals surface area contributed by atoms with E-state index in [1.54, 1.807) is 18.9 Å². The lowest BCUT2D eigenvalue weighted by Gasteiger charge is -2.34. The molecule has 1 amide bonds. The summed E-state index contributed by atoms with van der Waals surface area (Å²) in [7, 11) is 1.62. The summed E-state index contributed by atoms with van der Waals surface area (Å²) in [5, 5.41) is 3.67. The van der Waals surface area contributed by atoms with Crippen LogP contribution in [-0.2, 0) is 16.9 Å². The second-order valence-corrected chi connectivity index (χ2v) is 8.57. The van der Waals surface area contributed by atoms with Crippen LogP contribution in [0, 0.1) is 0 Å². The number of carbonyl (C=O) groups excluding carboxylic acids is 1. The van der Waals surface area contributed by atoms with Gasteiger partial charge in [-0.25, -0.2) is 9.97 Å². The van der Waals surface area contributed by atoms with Gasteiger partial charge in [-0.1, -0.05) is 30.8 Å². The quantitative estimate of drug-likeness (QED) is 0.369. The van der Waals surface area contributed by atoms with E-state index in [1.165, 1.54) is 19.3 Å². The third-order valence-corrected chi connectivity index (χ3v) is 6.27. The van der Waals surface area contributed by atoms with Gasteiger partial charge < -0.3 is 15.0 Å². The van der Waals surface area contributed by atoms with Crippen molar-refractivity contribution in [3.05, 3.63) is 47.2 Å². The van der Waals surface area contributed by atoms with Crippen molar-refractivity contribution in [3.8, 4) is 0 Å². The van der Waals surface area contributed by atoms with Crippen LogP contribution in [0.2, 0.25) is 0 Å². The Bertz CT molecular complexity index is 846. The molecule has 162 valence electrons. The lowest BCUT2D eigenvalue weighted by Crippen LogP contribution is -2.38. The molecule has 1 saturated heterocycles. The first-order valence-corrected chi connectivity index (χ1v) is 11.7. The fourth-order valence-corrected chi connectivity index (χ4v) is 4.42. The van der Waals surface area contributed by atoms with Crippen molar-refractivity contribution in [2.24, 2.45) is 0 Å². The molecule has 2 aromatic rings. The molecule has 1 N–H and O–H groups in total. The highest BCUT2D eigenvalue weighted by Gasteiger charge is 2.21. The highest BCUT2D eigenvalue weighted by molar-refractivity contribution is 7.98. The SMILES string of the molecule is CCc1cc(N2CCCC[C@@H]2C)nc(SCc2cccc(C(=O)NCCOC)c2)n1. The number of aromatic nitrogens is 2. The molecule has 1 aromatic carbocycles. The number of rotatable bonds is 9. The monoisotopic (exact) mass is 428 g/mol. The maximum atomic E-state index is 12.3. The molecule has 30 heavy (non-hydrogen) atoms. The summed E-state index contributed by atoms with van der Waals surface area (Å²) >= 11 is 1.62. The highest BCUT2D eigenvalue weighted by Crippen LogP contribution is 2.27. The first kappa shape index (κ1) is 22.6. The number of thioether (sulfide) groups is 1. The molecule has 1 aliphatic rings. The van der Waals surface area contributed by atoms with Crippen LogP contribution in [0.4, 0.5) is 5.82 Å². The molecule has 2 heterocycles. The molecule has 1 aliphatic heterocycles. The van der Waals surface area contributed by atoms with Gasteiger partial charge in [0.1, 0.15) is 5.82 Å². The molecule has 3 rings (SSSR count). The maximum absolute atomic E-state index is 12.3. The van der Waals surface area contributed by atoms with Crippen LogP contribution in [0.1, 0.15) is 54.7 Å². The molecule has 1 fully saturated rings. The Kier molecular flexibility index (Phi) is 8.51.